The van der Waals surface area contributed by atoms with Crippen LogP contribution in [0.15, 0.2) is 91.0 Å². The SMILES string of the molecule is O=C(NC(Cc1ccccc1)C(=O)NCc1ccccc1)OCc1ccccc1. The van der Waals surface area contributed by atoms with Crippen molar-refractivity contribution in [2.75, 3.05) is 0 Å². The van der Waals surface area contributed by atoms with Crippen LogP contribution in [0.1, 0.15) is 16.7 Å². The predicted octanol–water partition coefficient (Wildman–Crippen LogP) is 3.84. The lowest BCUT2D eigenvalue weighted by atomic mass is 10.1. The highest BCUT2D eigenvalue weighted by atomic mass is 16.5. The summed E-state index contributed by atoms with van der Waals surface area (Å²) in [4.78, 5) is 25.0. The third-order valence-electron chi connectivity index (χ3n) is 4.41. The quantitative estimate of drug-likeness (QED) is 0.616. The Bertz CT molecular complexity index is 899. The first-order valence-corrected chi connectivity index (χ1v) is 9.53. The molecule has 5 heteroatoms. The molecule has 0 aliphatic rings. The van der Waals surface area contributed by atoms with Crippen LogP contribution in [0.5, 0.6) is 0 Å². The van der Waals surface area contributed by atoms with Crippen molar-refractivity contribution in [2.45, 2.75) is 25.6 Å². The molecule has 1 unspecified atom stereocenters. The third kappa shape index (κ3) is 6.81. The van der Waals surface area contributed by atoms with E-state index in [0.717, 1.165) is 16.7 Å². The van der Waals surface area contributed by atoms with Gasteiger partial charge < -0.3 is 15.4 Å². The molecule has 0 bridgehead atoms. The van der Waals surface area contributed by atoms with Gasteiger partial charge in [0, 0.05) is 13.0 Å². The normalized spacial score (nSPS) is 11.3. The van der Waals surface area contributed by atoms with E-state index in [2.05, 4.69) is 10.6 Å². The van der Waals surface area contributed by atoms with Crippen LogP contribution < -0.4 is 10.6 Å². The molecule has 0 aromatic heterocycles. The molecule has 3 rings (SSSR count). The zero-order valence-electron chi connectivity index (χ0n) is 16.1. The van der Waals surface area contributed by atoms with Crippen LogP contribution in [-0.4, -0.2) is 18.0 Å². The average Bonchev–Trinajstić information content (AvgIpc) is 2.78. The van der Waals surface area contributed by atoms with Crippen molar-refractivity contribution in [1.29, 1.82) is 0 Å². The van der Waals surface area contributed by atoms with Gasteiger partial charge in [0.1, 0.15) is 12.6 Å². The van der Waals surface area contributed by atoms with E-state index in [-0.39, 0.29) is 12.5 Å². The van der Waals surface area contributed by atoms with Crippen molar-refractivity contribution < 1.29 is 14.3 Å². The summed E-state index contributed by atoms with van der Waals surface area (Å²) in [6, 6.07) is 27.9. The van der Waals surface area contributed by atoms with Gasteiger partial charge in [-0.05, 0) is 16.7 Å². The molecule has 0 heterocycles. The van der Waals surface area contributed by atoms with Gasteiger partial charge >= 0.3 is 6.09 Å². The second kappa shape index (κ2) is 10.7. The Morgan fingerprint density at radius 1 is 0.724 bits per heavy atom. The van der Waals surface area contributed by atoms with E-state index in [1.807, 2.05) is 91.0 Å². The Hall–Kier alpha value is -3.60. The monoisotopic (exact) mass is 388 g/mol. The van der Waals surface area contributed by atoms with Gasteiger partial charge in [-0.25, -0.2) is 4.79 Å². The molecule has 2 amide bonds. The number of rotatable bonds is 8. The Kier molecular flexibility index (Phi) is 7.41. The van der Waals surface area contributed by atoms with Crippen molar-refractivity contribution in [3.05, 3.63) is 108 Å². The van der Waals surface area contributed by atoms with E-state index in [1.165, 1.54) is 0 Å². The summed E-state index contributed by atoms with van der Waals surface area (Å²) in [5.74, 6) is -0.255. The van der Waals surface area contributed by atoms with Crippen molar-refractivity contribution >= 4 is 12.0 Å². The Labute approximate surface area is 170 Å². The zero-order chi connectivity index (χ0) is 20.3. The summed E-state index contributed by atoms with van der Waals surface area (Å²) in [6.45, 7) is 0.544. The summed E-state index contributed by atoms with van der Waals surface area (Å²) < 4.78 is 5.28. The van der Waals surface area contributed by atoms with Crippen LogP contribution in [-0.2, 0) is 29.1 Å². The van der Waals surface area contributed by atoms with E-state index in [4.69, 9.17) is 4.74 Å². The van der Waals surface area contributed by atoms with Gasteiger partial charge in [0.15, 0.2) is 0 Å². The van der Waals surface area contributed by atoms with Crippen molar-refractivity contribution in [3.63, 3.8) is 0 Å². The molecule has 0 saturated heterocycles. The molecular formula is C24H24N2O3. The summed E-state index contributed by atoms with van der Waals surface area (Å²) in [5.41, 5.74) is 2.83. The molecular weight excluding hydrogens is 364 g/mol. The summed E-state index contributed by atoms with van der Waals surface area (Å²) in [5, 5.41) is 5.59. The second-order valence-corrected chi connectivity index (χ2v) is 6.65. The van der Waals surface area contributed by atoms with Crippen LogP contribution in [0.3, 0.4) is 0 Å². The second-order valence-electron chi connectivity index (χ2n) is 6.65. The van der Waals surface area contributed by atoms with Crippen LogP contribution in [0.25, 0.3) is 0 Å². The maximum absolute atomic E-state index is 12.7. The van der Waals surface area contributed by atoms with Crippen LogP contribution in [0, 0.1) is 0 Å². The van der Waals surface area contributed by atoms with Crippen LogP contribution in [0.2, 0.25) is 0 Å². The van der Waals surface area contributed by atoms with Crippen molar-refractivity contribution in [1.82, 2.24) is 10.6 Å². The van der Waals surface area contributed by atoms with Crippen LogP contribution >= 0.6 is 0 Å². The molecule has 0 fully saturated rings. The molecule has 2 N–H and O–H groups in total. The van der Waals surface area contributed by atoms with E-state index < -0.39 is 12.1 Å². The van der Waals surface area contributed by atoms with Gasteiger partial charge in [-0.3, -0.25) is 4.79 Å². The zero-order valence-corrected chi connectivity index (χ0v) is 16.1. The lowest BCUT2D eigenvalue weighted by Gasteiger charge is -2.18. The first-order valence-electron chi connectivity index (χ1n) is 9.53. The molecule has 3 aromatic rings. The van der Waals surface area contributed by atoms with Gasteiger partial charge in [0.05, 0.1) is 0 Å². The highest BCUT2D eigenvalue weighted by Crippen LogP contribution is 2.06. The molecule has 29 heavy (non-hydrogen) atoms. The number of hydrogen-bond donors (Lipinski definition) is 2. The van der Waals surface area contributed by atoms with Gasteiger partial charge in [-0.15, -0.1) is 0 Å². The molecule has 0 radical (unpaired) electrons. The smallest absolute Gasteiger partial charge is 0.408 e. The van der Waals surface area contributed by atoms with E-state index in [0.29, 0.717) is 13.0 Å². The fraction of sp³-hybridized carbons (Fsp3) is 0.167. The first kappa shape index (κ1) is 20.1. The minimum Gasteiger partial charge on any atom is -0.445 e. The first-order chi connectivity index (χ1) is 14.2. The molecule has 0 aliphatic carbocycles. The standard InChI is InChI=1S/C24H24N2O3/c27-23(25-17-20-12-6-2-7-13-20)22(16-19-10-4-1-5-11-19)26-24(28)29-18-21-14-8-3-9-15-21/h1-15,22H,16-18H2,(H,25,27)(H,26,28). The number of carbonyl (C=O) groups excluding carboxylic acids is 2. The molecule has 5 nitrogen and oxygen atoms in total. The van der Waals surface area contributed by atoms with Gasteiger partial charge in [-0.1, -0.05) is 91.0 Å². The topological polar surface area (TPSA) is 67.4 Å². The molecule has 3 aromatic carbocycles. The number of hydrogen-bond acceptors (Lipinski definition) is 3. The lowest BCUT2D eigenvalue weighted by molar-refractivity contribution is -0.123. The average molecular weight is 388 g/mol. The number of amides is 2. The molecule has 1 atom stereocenters. The van der Waals surface area contributed by atoms with Gasteiger partial charge in [0.2, 0.25) is 5.91 Å². The number of ether oxygens (including phenoxy) is 1. The molecule has 0 saturated carbocycles. The number of carbonyl (C=O) groups is 2. The van der Waals surface area contributed by atoms with E-state index in [1.54, 1.807) is 0 Å². The van der Waals surface area contributed by atoms with Crippen molar-refractivity contribution in [2.24, 2.45) is 0 Å². The Morgan fingerprint density at radius 2 is 1.24 bits per heavy atom. The predicted molar refractivity (Wildman–Crippen MR) is 112 cm³/mol. The van der Waals surface area contributed by atoms with Gasteiger partial charge in [-0.2, -0.15) is 0 Å². The van der Waals surface area contributed by atoms with Crippen molar-refractivity contribution in [3.8, 4) is 0 Å². The fourth-order valence-electron chi connectivity index (χ4n) is 2.87. The highest BCUT2D eigenvalue weighted by molar-refractivity contribution is 5.85. The summed E-state index contributed by atoms with van der Waals surface area (Å²) in [6.07, 6.45) is -0.244. The summed E-state index contributed by atoms with van der Waals surface area (Å²) >= 11 is 0. The minimum absolute atomic E-state index is 0.149. The molecule has 0 aliphatic heterocycles. The maximum Gasteiger partial charge on any atom is 0.408 e. The Balaban J connectivity index is 1.60. The Morgan fingerprint density at radius 3 is 1.83 bits per heavy atom. The summed E-state index contributed by atoms with van der Waals surface area (Å²) in [7, 11) is 0. The molecule has 0 spiro atoms. The van der Waals surface area contributed by atoms with E-state index in [9.17, 15) is 9.59 Å². The number of nitrogens with one attached hydrogen (secondary N) is 2. The lowest BCUT2D eigenvalue weighted by Crippen LogP contribution is -2.48. The number of alkyl carbamates (subject to hydrolysis) is 1. The largest absolute Gasteiger partial charge is 0.445 e. The molecule has 148 valence electrons. The third-order valence-corrected chi connectivity index (χ3v) is 4.41. The van der Waals surface area contributed by atoms with E-state index >= 15 is 0 Å². The highest BCUT2D eigenvalue weighted by Gasteiger charge is 2.22. The number of benzene rings is 3. The van der Waals surface area contributed by atoms with Gasteiger partial charge in [0.25, 0.3) is 0 Å². The van der Waals surface area contributed by atoms with Crippen LogP contribution in [0.4, 0.5) is 4.79 Å². The fourth-order valence-corrected chi connectivity index (χ4v) is 2.87. The minimum atomic E-state index is -0.732. The maximum atomic E-state index is 12.7.